The first-order valence-corrected chi connectivity index (χ1v) is 8.96. The van der Waals surface area contributed by atoms with E-state index in [1.165, 1.54) is 6.92 Å². The quantitative estimate of drug-likeness (QED) is 0.133. The molecule has 14 nitrogen and oxygen atoms in total. The lowest BCUT2D eigenvalue weighted by Gasteiger charge is -2.25. The van der Waals surface area contributed by atoms with Gasteiger partial charge in [0.2, 0.25) is 23.6 Å². The molecule has 0 bridgehead atoms. The number of amides is 4. The molecule has 11 N–H and O–H groups in total. The Kier molecular flexibility index (Phi) is 11.5. The van der Waals surface area contributed by atoms with Crippen molar-refractivity contribution in [3.05, 3.63) is 0 Å². The molecule has 0 saturated carbocycles. The second-order valence-electron chi connectivity index (χ2n) is 6.64. The number of carbonyl (C=O) groups is 5. The molecule has 6 unspecified atom stereocenters. The van der Waals surface area contributed by atoms with Gasteiger partial charge in [-0.2, -0.15) is 0 Å². The number of rotatable bonds is 13. The second kappa shape index (κ2) is 12.7. The number of primary amides is 1. The SMILES string of the molecule is CC(O)C(N)C(=O)NC(CCC(N)=O)C(=O)NC(CO)C(=O)NC(C(=O)O)C(C)O. The lowest BCUT2D eigenvalue weighted by molar-refractivity contribution is -0.145. The highest BCUT2D eigenvalue weighted by atomic mass is 16.4. The summed E-state index contributed by atoms with van der Waals surface area (Å²) in [6.07, 6.45) is -3.30. The second-order valence-corrected chi connectivity index (χ2v) is 6.64. The number of carboxylic acid groups (broad SMARTS) is 1. The fraction of sp³-hybridized carbons (Fsp3) is 0.688. The number of nitrogens with two attached hydrogens (primary N) is 2. The maximum atomic E-state index is 12.5. The predicted molar refractivity (Wildman–Crippen MR) is 100 cm³/mol. The van der Waals surface area contributed by atoms with Gasteiger partial charge in [-0.3, -0.25) is 19.2 Å². The van der Waals surface area contributed by atoms with E-state index >= 15 is 0 Å². The molecule has 0 aromatic heterocycles. The number of aliphatic carboxylic acids is 1. The zero-order chi connectivity index (χ0) is 23.6. The molecule has 0 aromatic rings. The van der Waals surface area contributed by atoms with Crippen LogP contribution < -0.4 is 27.4 Å². The largest absolute Gasteiger partial charge is 0.480 e. The lowest BCUT2D eigenvalue weighted by Crippen LogP contribution is -2.59. The third-order valence-corrected chi connectivity index (χ3v) is 4.00. The normalized spacial score (nSPS) is 16.9. The topological polar surface area (TPSA) is 254 Å². The van der Waals surface area contributed by atoms with E-state index in [1.54, 1.807) is 0 Å². The molecule has 172 valence electrons. The summed E-state index contributed by atoms with van der Waals surface area (Å²) < 4.78 is 0. The van der Waals surface area contributed by atoms with Gasteiger partial charge in [0.25, 0.3) is 0 Å². The Bertz CT molecular complexity index is 641. The third kappa shape index (κ3) is 9.13. The van der Waals surface area contributed by atoms with Gasteiger partial charge in [0.05, 0.1) is 18.8 Å². The van der Waals surface area contributed by atoms with Gasteiger partial charge in [-0.1, -0.05) is 0 Å². The first kappa shape index (κ1) is 27.2. The highest BCUT2D eigenvalue weighted by Crippen LogP contribution is 2.02. The number of hydrogen-bond acceptors (Lipinski definition) is 9. The Morgan fingerprint density at radius 2 is 1.37 bits per heavy atom. The van der Waals surface area contributed by atoms with E-state index in [4.69, 9.17) is 16.6 Å². The van der Waals surface area contributed by atoms with Crippen LogP contribution >= 0.6 is 0 Å². The van der Waals surface area contributed by atoms with Crippen molar-refractivity contribution in [1.82, 2.24) is 16.0 Å². The molecule has 14 heteroatoms. The molecular weight excluding hydrogens is 406 g/mol. The summed E-state index contributed by atoms with van der Waals surface area (Å²) in [5, 5.41) is 43.4. The lowest BCUT2D eigenvalue weighted by atomic mass is 10.1. The van der Waals surface area contributed by atoms with Gasteiger partial charge in [0, 0.05) is 6.42 Å². The van der Waals surface area contributed by atoms with Crippen LogP contribution in [0.3, 0.4) is 0 Å². The Balaban J connectivity index is 5.30. The molecule has 0 rings (SSSR count). The number of nitrogens with one attached hydrogen (secondary N) is 3. The maximum absolute atomic E-state index is 12.5. The summed E-state index contributed by atoms with van der Waals surface area (Å²) in [5.41, 5.74) is 10.5. The summed E-state index contributed by atoms with van der Waals surface area (Å²) in [6.45, 7) is 1.43. The number of carbonyl (C=O) groups excluding carboxylic acids is 4. The van der Waals surface area contributed by atoms with Crippen molar-refractivity contribution in [3.8, 4) is 0 Å². The maximum Gasteiger partial charge on any atom is 0.328 e. The van der Waals surface area contributed by atoms with Crippen LogP contribution in [-0.2, 0) is 24.0 Å². The van der Waals surface area contributed by atoms with E-state index < -0.39 is 72.6 Å². The molecule has 0 aliphatic rings. The van der Waals surface area contributed by atoms with Crippen LogP contribution in [0.5, 0.6) is 0 Å². The van der Waals surface area contributed by atoms with Gasteiger partial charge in [-0.05, 0) is 20.3 Å². The van der Waals surface area contributed by atoms with Gasteiger partial charge in [-0.15, -0.1) is 0 Å². The zero-order valence-electron chi connectivity index (χ0n) is 16.6. The van der Waals surface area contributed by atoms with Crippen molar-refractivity contribution < 1.29 is 44.4 Å². The smallest absolute Gasteiger partial charge is 0.328 e. The van der Waals surface area contributed by atoms with Crippen LogP contribution in [0, 0.1) is 0 Å². The molecule has 0 heterocycles. The van der Waals surface area contributed by atoms with Crippen molar-refractivity contribution in [2.24, 2.45) is 11.5 Å². The first-order chi connectivity index (χ1) is 13.8. The first-order valence-electron chi connectivity index (χ1n) is 8.96. The fourth-order valence-electron chi connectivity index (χ4n) is 2.15. The van der Waals surface area contributed by atoms with Gasteiger partial charge in [-0.25, -0.2) is 4.79 Å². The molecule has 6 atom stereocenters. The Labute approximate surface area is 172 Å². The summed E-state index contributed by atoms with van der Waals surface area (Å²) in [7, 11) is 0. The molecule has 0 aromatic carbocycles. The van der Waals surface area contributed by atoms with Crippen LogP contribution in [0.2, 0.25) is 0 Å². The third-order valence-electron chi connectivity index (χ3n) is 4.00. The van der Waals surface area contributed by atoms with Crippen molar-refractivity contribution in [1.29, 1.82) is 0 Å². The summed E-state index contributed by atoms with van der Waals surface area (Å²) in [5.74, 6) is -5.35. The summed E-state index contributed by atoms with van der Waals surface area (Å²) >= 11 is 0. The molecule has 30 heavy (non-hydrogen) atoms. The van der Waals surface area contributed by atoms with E-state index in [2.05, 4.69) is 10.6 Å². The van der Waals surface area contributed by atoms with Gasteiger partial charge in [0.15, 0.2) is 6.04 Å². The highest BCUT2D eigenvalue weighted by Gasteiger charge is 2.32. The van der Waals surface area contributed by atoms with Crippen molar-refractivity contribution >= 4 is 29.6 Å². The molecule has 0 radical (unpaired) electrons. The molecule has 0 fully saturated rings. The monoisotopic (exact) mass is 435 g/mol. The fourth-order valence-corrected chi connectivity index (χ4v) is 2.15. The minimum Gasteiger partial charge on any atom is -0.480 e. The summed E-state index contributed by atoms with van der Waals surface area (Å²) in [4.78, 5) is 58.7. The minimum absolute atomic E-state index is 0.273. The molecular formula is C16H29N5O9. The van der Waals surface area contributed by atoms with Crippen LogP contribution in [0.1, 0.15) is 26.7 Å². The van der Waals surface area contributed by atoms with E-state index in [1.807, 2.05) is 5.32 Å². The van der Waals surface area contributed by atoms with E-state index in [0.717, 1.165) is 6.92 Å². The van der Waals surface area contributed by atoms with Crippen molar-refractivity contribution in [3.63, 3.8) is 0 Å². The average molecular weight is 435 g/mol. The number of aliphatic hydroxyl groups excluding tert-OH is 3. The van der Waals surface area contributed by atoms with Crippen molar-refractivity contribution in [2.75, 3.05) is 6.61 Å². The predicted octanol–water partition coefficient (Wildman–Crippen LogP) is -5.13. The number of aliphatic hydroxyl groups is 3. The van der Waals surface area contributed by atoms with Gasteiger partial charge >= 0.3 is 5.97 Å². The zero-order valence-corrected chi connectivity index (χ0v) is 16.6. The van der Waals surface area contributed by atoms with Gasteiger partial charge < -0.3 is 47.8 Å². The van der Waals surface area contributed by atoms with Crippen molar-refractivity contribution in [2.45, 2.75) is 63.1 Å². The van der Waals surface area contributed by atoms with Crippen LogP contribution in [0.15, 0.2) is 0 Å². The molecule has 4 amide bonds. The van der Waals surface area contributed by atoms with Crippen LogP contribution in [-0.4, -0.2) is 93.0 Å². The summed E-state index contributed by atoms with van der Waals surface area (Å²) in [6, 6.07) is -6.11. The van der Waals surface area contributed by atoms with E-state index in [9.17, 15) is 39.3 Å². The molecule has 0 aliphatic heterocycles. The Hall–Kier alpha value is -2.81. The Morgan fingerprint density at radius 3 is 1.77 bits per heavy atom. The van der Waals surface area contributed by atoms with Crippen LogP contribution in [0.25, 0.3) is 0 Å². The number of carboxylic acids is 1. The van der Waals surface area contributed by atoms with E-state index in [-0.39, 0.29) is 12.8 Å². The Morgan fingerprint density at radius 1 is 0.867 bits per heavy atom. The molecule has 0 aliphatic carbocycles. The number of hydrogen-bond donors (Lipinski definition) is 9. The molecule has 0 spiro atoms. The average Bonchev–Trinajstić information content (AvgIpc) is 2.65. The minimum atomic E-state index is -1.70. The highest BCUT2D eigenvalue weighted by molar-refractivity contribution is 5.94. The van der Waals surface area contributed by atoms with Crippen LogP contribution in [0.4, 0.5) is 0 Å². The molecule has 0 saturated heterocycles. The van der Waals surface area contributed by atoms with Gasteiger partial charge in [0.1, 0.15) is 18.1 Å². The standard InChI is InChI=1S/C16H29N5O9/c1-6(23)11(18)15(28)19-8(3-4-10(17)25)13(26)20-9(5-22)14(27)21-12(7(2)24)16(29)30/h6-9,11-12,22-24H,3-5,18H2,1-2H3,(H2,17,25)(H,19,28)(H,20,26)(H,21,27)(H,29,30). The van der Waals surface area contributed by atoms with E-state index in [0.29, 0.717) is 0 Å².